The van der Waals surface area contributed by atoms with Crippen LogP contribution in [0, 0.1) is 5.92 Å². The van der Waals surface area contributed by atoms with Gasteiger partial charge >= 0.3 is 12.6 Å². The first kappa shape index (κ1) is 17.2. The maximum Gasteiger partial charge on any atom is 0.321 e. The maximum absolute atomic E-state index is 13.4. The number of imidazole rings is 1. The summed E-state index contributed by atoms with van der Waals surface area (Å²) in [6, 6.07) is 5.50. The average Bonchev–Trinajstić information content (AvgIpc) is 2.81. The quantitative estimate of drug-likeness (QED) is 0.818. The Hall–Kier alpha value is -2.16. The summed E-state index contributed by atoms with van der Waals surface area (Å²) < 4.78 is 27.5. The van der Waals surface area contributed by atoms with Gasteiger partial charge in [-0.2, -0.15) is 8.78 Å². The number of nitrogens with two attached hydrogens (primary N) is 1. The largest absolute Gasteiger partial charge is 0.351 e. The number of nitrogens with one attached hydrogen (secondary N) is 1. The number of primary amides is 1. The van der Waals surface area contributed by atoms with E-state index in [1.54, 1.807) is 32.0 Å². The first-order valence-corrected chi connectivity index (χ1v) is 7.71. The van der Waals surface area contributed by atoms with Crippen molar-refractivity contribution in [3.63, 3.8) is 0 Å². The SMILES string of the molecule is CC(C)[C@H](Sc1nc2ccccc2n1C(F)F)C(=O)NC(N)=O. The molecule has 0 fully saturated rings. The standard InChI is InChI=1S/C14H16F2N4O2S/c1-7(2)10(11(21)19-13(17)22)23-14-18-8-5-3-4-6-9(8)20(14)12(15)16/h3-7,10,12H,1-2H3,(H3,17,19,21,22)/t10-/m0/s1. The molecule has 1 aromatic heterocycles. The molecule has 0 radical (unpaired) electrons. The van der Waals surface area contributed by atoms with Crippen LogP contribution in [-0.2, 0) is 4.79 Å². The van der Waals surface area contributed by atoms with Gasteiger partial charge in [0.2, 0.25) is 5.91 Å². The van der Waals surface area contributed by atoms with E-state index >= 15 is 0 Å². The number of carbonyl (C=O) groups excluding carboxylic acids is 2. The molecule has 0 aliphatic rings. The minimum Gasteiger partial charge on any atom is -0.351 e. The van der Waals surface area contributed by atoms with Crippen molar-refractivity contribution in [1.82, 2.24) is 14.9 Å². The summed E-state index contributed by atoms with van der Waals surface area (Å²) >= 11 is 0.880. The molecule has 1 heterocycles. The summed E-state index contributed by atoms with van der Waals surface area (Å²) in [5.41, 5.74) is 5.63. The zero-order chi connectivity index (χ0) is 17.1. The van der Waals surface area contributed by atoms with Gasteiger partial charge in [0.05, 0.1) is 16.3 Å². The second kappa shape index (κ2) is 6.95. The number of alkyl halides is 2. The van der Waals surface area contributed by atoms with E-state index < -0.39 is 23.7 Å². The van der Waals surface area contributed by atoms with Crippen LogP contribution in [0.5, 0.6) is 0 Å². The van der Waals surface area contributed by atoms with Crippen molar-refractivity contribution < 1.29 is 18.4 Å². The minimum atomic E-state index is -2.79. The molecule has 9 heteroatoms. The lowest BCUT2D eigenvalue weighted by molar-refractivity contribution is -0.120. The first-order chi connectivity index (χ1) is 10.8. The predicted octanol–water partition coefficient (Wildman–Crippen LogP) is 2.74. The van der Waals surface area contributed by atoms with E-state index in [9.17, 15) is 18.4 Å². The van der Waals surface area contributed by atoms with Gasteiger partial charge in [0.15, 0.2) is 5.16 Å². The van der Waals surface area contributed by atoms with Crippen LogP contribution >= 0.6 is 11.8 Å². The molecule has 3 N–H and O–H groups in total. The monoisotopic (exact) mass is 342 g/mol. The van der Waals surface area contributed by atoms with E-state index in [0.717, 1.165) is 16.3 Å². The fourth-order valence-electron chi connectivity index (χ4n) is 2.09. The molecule has 0 aliphatic heterocycles. The zero-order valence-electron chi connectivity index (χ0n) is 12.5. The topological polar surface area (TPSA) is 90.0 Å². The third-order valence-electron chi connectivity index (χ3n) is 3.10. The summed E-state index contributed by atoms with van der Waals surface area (Å²) in [7, 11) is 0. The van der Waals surface area contributed by atoms with Crippen molar-refractivity contribution in [2.24, 2.45) is 11.7 Å². The molecule has 1 aromatic carbocycles. The molecule has 2 rings (SSSR count). The minimum absolute atomic E-state index is 0.0134. The number of amides is 3. The van der Waals surface area contributed by atoms with Gasteiger partial charge in [0, 0.05) is 0 Å². The van der Waals surface area contributed by atoms with Crippen molar-refractivity contribution in [2.45, 2.75) is 30.8 Å². The fourth-order valence-corrected chi connectivity index (χ4v) is 3.20. The number of rotatable bonds is 5. The third kappa shape index (κ3) is 3.79. The number of urea groups is 1. The number of halogens is 2. The van der Waals surface area contributed by atoms with Crippen LogP contribution in [0.15, 0.2) is 29.4 Å². The van der Waals surface area contributed by atoms with Gasteiger partial charge in [-0.05, 0) is 18.1 Å². The second-order valence-corrected chi connectivity index (χ2v) is 6.28. The summed E-state index contributed by atoms with van der Waals surface area (Å²) in [6.45, 7) is 0.693. The van der Waals surface area contributed by atoms with E-state index in [1.165, 1.54) is 6.07 Å². The Labute approximate surface area is 135 Å². The molecule has 0 bridgehead atoms. The number of imide groups is 1. The maximum atomic E-state index is 13.4. The van der Waals surface area contributed by atoms with Gasteiger partial charge in [-0.1, -0.05) is 37.7 Å². The molecule has 1 atom stereocenters. The molecule has 0 aliphatic carbocycles. The van der Waals surface area contributed by atoms with E-state index in [2.05, 4.69) is 4.98 Å². The Kier molecular flexibility index (Phi) is 5.19. The Morgan fingerprint density at radius 3 is 2.52 bits per heavy atom. The lowest BCUT2D eigenvalue weighted by Crippen LogP contribution is -2.42. The highest BCUT2D eigenvalue weighted by atomic mass is 32.2. The highest BCUT2D eigenvalue weighted by Crippen LogP contribution is 2.33. The van der Waals surface area contributed by atoms with Crippen LogP contribution in [0.25, 0.3) is 11.0 Å². The molecule has 0 saturated carbocycles. The molecule has 0 unspecified atom stereocenters. The number of thioether (sulfide) groups is 1. The van der Waals surface area contributed by atoms with Crippen molar-refractivity contribution >= 4 is 34.7 Å². The van der Waals surface area contributed by atoms with Gasteiger partial charge < -0.3 is 5.73 Å². The number of aromatic nitrogens is 2. The molecule has 0 spiro atoms. The zero-order valence-corrected chi connectivity index (χ0v) is 13.3. The van der Waals surface area contributed by atoms with Gasteiger partial charge in [-0.25, -0.2) is 9.78 Å². The van der Waals surface area contributed by atoms with Crippen molar-refractivity contribution in [3.05, 3.63) is 24.3 Å². The summed E-state index contributed by atoms with van der Waals surface area (Å²) in [5.74, 6) is -0.851. The van der Waals surface area contributed by atoms with Crippen LogP contribution in [0.4, 0.5) is 13.6 Å². The summed E-state index contributed by atoms with van der Waals surface area (Å²) in [4.78, 5) is 27.1. The van der Waals surface area contributed by atoms with Gasteiger partial charge in [0.25, 0.3) is 0 Å². The summed E-state index contributed by atoms with van der Waals surface area (Å²) in [6.07, 6.45) is 0. The number of para-hydroxylation sites is 2. The number of carbonyl (C=O) groups is 2. The second-order valence-electron chi connectivity index (χ2n) is 5.17. The molecule has 23 heavy (non-hydrogen) atoms. The van der Waals surface area contributed by atoms with E-state index in [1.807, 2.05) is 5.32 Å². The van der Waals surface area contributed by atoms with E-state index in [4.69, 9.17) is 5.73 Å². The smallest absolute Gasteiger partial charge is 0.321 e. The Morgan fingerprint density at radius 1 is 1.30 bits per heavy atom. The van der Waals surface area contributed by atoms with Crippen molar-refractivity contribution in [2.75, 3.05) is 0 Å². The molecular weight excluding hydrogens is 326 g/mol. The molecular formula is C14H16F2N4O2S. The number of nitrogens with zero attached hydrogens (tertiary/aromatic N) is 2. The molecule has 6 nitrogen and oxygen atoms in total. The first-order valence-electron chi connectivity index (χ1n) is 6.83. The van der Waals surface area contributed by atoms with Crippen molar-refractivity contribution in [3.8, 4) is 0 Å². The van der Waals surface area contributed by atoms with Crippen LogP contribution in [0.1, 0.15) is 20.4 Å². The van der Waals surface area contributed by atoms with E-state index in [-0.39, 0.29) is 16.6 Å². The fraction of sp³-hybridized carbons (Fsp3) is 0.357. The number of hydrogen-bond acceptors (Lipinski definition) is 4. The highest BCUT2D eigenvalue weighted by Gasteiger charge is 2.28. The number of benzene rings is 1. The van der Waals surface area contributed by atoms with E-state index in [0.29, 0.717) is 5.52 Å². The van der Waals surface area contributed by atoms with Gasteiger partial charge in [0.1, 0.15) is 0 Å². The Balaban J connectivity index is 2.40. The predicted molar refractivity (Wildman–Crippen MR) is 83.2 cm³/mol. The average molecular weight is 342 g/mol. The van der Waals surface area contributed by atoms with Crippen LogP contribution in [0.3, 0.4) is 0 Å². The number of fused-ring (bicyclic) bond motifs is 1. The Morgan fingerprint density at radius 2 is 1.96 bits per heavy atom. The lowest BCUT2D eigenvalue weighted by atomic mass is 10.1. The van der Waals surface area contributed by atoms with Crippen LogP contribution in [-0.4, -0.2) is 26.7 Å². The van der Waals surface area contributed by atoms with Crippen LogP contribution in [0.2, 0.25) is 0 Å². The molecule has 2 aromatic rings. The third-order valence-corrected chi connectivity index (χ3v) is 4.61. The Bertz CT molecular complexity index is 733. The van der Waals surface area contributed by atoms with Crippen LogP contribution < -0.4 is 11.1 Å². The lowest BCUT2D eigenvalue weighted by Gasteiger charge is -2.18. The highest BCUT2D eigenvalue weighted by molar-refractivity contribution is 8.00. The van der Waals surface area contributed by atoms with Crippen molar-refractivity contribution in [1.29, 1.82) is 0 Å². The van der Waals surface area contributed by atoms with Gasteiger partial charge in [-0.15, -0.1) is 0 Å². The van der Waals surface area contributed by atoms with Gasteiger partial charge in [-0.3, -0.25) is 14.7 Å². The molecule has 124 valence electrons. The molecule has 3 amide bonds. The summed E-state index contributed by atoms with van der Waals surface area (Å²) in [5, 5.41) is 1.21. The molecule has 0 saturated heterocycles. The number of hydrogen-bond donors (Lipinski definition) is 2. The normalized spacial score (nSPS) is 12.8.